The van der Waals surface area contributed by atoms with Crippen molar-refractivity contribution >= 4 is 5.78 Å². The molecule has 4 heteroatoms. The molecule has 0 aromatic heterocycles. The van der Waals surface area contributed by atoms with Crippen molar-refractivity contribution in [3.63, 3.8) is 0 Å². The Kier molecular flexibility index (Phi) is 5.56. The maximum absolute atomic E-state index is 13.9. The largest absolute Gasteiger partial charge is 0.497 e. The highest BCUT2D eigenvalue weighted by molar-refractivity contribution is 6.02. The number of aryl methyl sites for hydroxylation is 2. The van der Waals surface area contributed by atoms with E-state index in [2.05, 4.69) is 33.8 Å². The smallest absolute Gasteiger partial charge is 0.165 e. The fourth-order valence-corrected chi connectivity index (χ4v) is 6.49. The van der Waals surface area contributed by atoms with Crippen LogP contribution in [-0.2, 0) is 11.2 Å². The number of Topliss-reactive ketones (excluding diaryl/α,β-unsaturated/α-hetero) is 1. The lowest BCUT2D eigenvalue weighted by Crippen LogP contribution is -2.47. The molecule has 3 aliphatic rings. The summed E-state index contributed by atoms with van der Waals surface area (Å²) in [5.74, 6) is 2.10. The molecule has 1 saturated carbocycles. The molecule has 1 aromatic rings. The predicted molar refractivity (Wildman–Crippen MR) is 127 cm³/mol. The molecular formula is C28H40O4. The highest BCUT2D eigenvalue weighted by atomic mass is 16.5. The van der Waals surface area contributed by atoms with Gasteiger partial charge < -0.3 is 14.6 Å². The van der Waals surface area contributed by atoms with E-state index in [4.69, 9.17) is 9.47 Å². The lowest BCUT2D eigenvalue weighted by Gasteiger charge is -2.48. The predicted octanol–water partition coefficient (Wildman–Crippen LogP) is 6.10. The zero-order valence-corrected chi connectivity index (χ0v) is 21.0. The van der Waals surface area contributed by atoms with Crippen molar-refractivity contribution < 1.29 is 19.4 Å². The van der Waals surface area contributed by atoms with Crippen LogP contribution in [0.2, 0.25) is 0 Å². The molecule has 1 heterocycles. The normalized spacial score (nSPS) is 32.4. The van der Waals surface area contributed by atoms with E-state index in [9.17, 15) is 9.90 Å². The van der Waals surface area contributed by atoms with Gasteiger partial charge in [0.15, 0.2) is 5.78 Å². The van der Waals surface area contributed by atoms with Gasteiger partial charge in [0.2, 0.25) is 0 Å². The quantitative estimate of drug-likeness (QED) is 0.601. The summed E-state index contributed by atoms with van der Waals surface area (Å²) in [6, 6.07) is 4.11. The summed E-state index contributed by atoms with van der Waals surface area (Å²) in [4.78, 5) is 13.9. The summed E-state index contributed by atoms with van der Waals surface area (Å²) in [5, 5.41) is 10.7. The van der Waals surface area contributed by atoms with Crippen LogP contribution >= 0.6 is 0 Å². The van der Waals surface area contributed by atoms with E-state index < -0.39 is 5.60 Å². The van der Waals surface area contributed by atoms with Gasteiger partial charge >= 0.3 is 0 Å². The van der Waals surface area contributed by atoms with E-state index in [1.165, 1.54) is 11.1 Å². The van der Waals surface area contributed by atoms with E-state index >= 15 is 0 Å². The van der Waals surface area contributed by atoms with Crippen molar-refractivity contribution in [2.45, 2.75) is 104 Å². The summed E-state index contributed by atoms with van der Waals surface area (Å²) >= 11 is 0. The van der Waals surface area contributed by atoms with Gasteiger partial charge in [-0.3, -0.25) is 4.79 Å². The maximum Gasteiger partial charge on any atom is 0.165 e. The molecule has 0 unspecified atom stereocenters. The van der Waals surface area contributed by atoms with E-state index in [0.29, 0.717) is 6.42 Å². The lowest BCUT2D eigenvalue weighted by atomic mass is 9.56. The molecule has 0 bridgehead atoms. The van der Waals surface area contributed by atoms with Crippen LogP contribution in [0.5, 0.6) is 11.5 Å². The van der Waals surface area contributed by atoms with Gasteiger partial charge in [-0.05, 0) is 94.0 Å². The summed E-state index contributed by atoms with van der Waals surface area (Å²) in [6.07, 6.45) is 7.05. The van der Waals surface area contributed by atoms with Gasteiger partial charge in [-0.2, -0.15) is 0 Å². The highest BCUT2D eigenvalue weighted by Crippen LogP contribution is 2.61. The zero-order chi connectivity index (χ0) is 23.5. The first kappa shape index (κ1) is 23.4. The minimum atomic E-state index is -0.910. The Bertz CT molecular complexity index is 968. The monoisotopic (exact) mass is 440 g/mol. The van der Waals surface area contributed by atoms with Crippen molar-refractivity contribution in [3.05, 3.63) is 34.4 Å². The van der Waals surface area contributed by atoms with Gasteiger partial charge in [0.1, 0.15) is 17.1 Å². The molecule has 1 aliphatic heterocycles. The molecular weight excluding hydrogens is 400 g/mol. The first-order valence-corrected chi connectivity index (χ1v) is 12.1. The Morgan fingerprint density at radius 1 is 1.16 bits per heavy atom. The molecule has 0 spiro atoms. The van der Waals surface area contributed by atoms with E-state index in [1.807, 2.05) is 19.9 Å². The number of benzene rings is 1. The molecule has 32 heavy (non-hydrogen) atoms. The van der Waals surface area contributed by atoms with Crippen LogP contribution in [0, 0.1) is 17.8 Å². The molecule has 1 fully saturated rings. The van der Waals surface area contributed by atoms with Crippen LogP contribution in [-0.4, -0.2) is 29.2 Å². The molecule has 1 N–H and O–H groups in total. The Morgan fingerprint density at radius 3 is 2.53 bits per heavy atom. The number of carbonyl (C=O) groups is 1. The van der Waals surface area contributed by atoms with Crippen molar-refractivity contribution in [1.29, 1.82) is 0 Å². The summed E-state index contributed by atoms with van der Waals surface area (Å²) in [5.41, 5.74) is 2.76. The Balaban J connectivity index is 1.70. The average molecular weight is 441 g/mol. The number of ether oxygens (including phenoxy) is 2. The first-order chi connectivity index (χ1) is 14.8. The number of hydrogen-bond donors (Lipinski definition) is 1. The SMILES string of the molecule is COc1cc(C)c2c(c1)CC[C@](C)(CC1=C(CC(C)(C)O)C(=O)[C@@]3(C)CCC[C@@]3(C)C1)O2. The van der Waals surface area contributed by atoms with Crippen LogP contribution in [0.25, 0.3) is 0 Å². The van der Waals surface area contributed by atoms with Crippen LogP contribution in [0.1, 0.15) is 90.7 Å². The van der Waals surface area contributed by atoms with E-state index in [0.717, 1.165) is 67.6 Å². The number of fused-ring (bicyclic) bond motifs is 2. The minimum Gasteiger partial charge on any atom is -0.497 e. The summed E-state index contributed by atoms with van der Waals surface area (Å²) in [6.45, 7) is 12.3. The summed E-state index contributed by atoms with van der Waals surface area (Å²) < 4.78 is 12.1. The van der Waals surface area contributed by atoms with Gasteiger partial charge in [-0.15, -0.1) is 0 Å². The van der Waals surface area contributed by atoms with E-state index in [1.54, 1.807) is 7.11 Å². The fourth-order valence-electron chi connectivity index (χ4n) is 6.49. The third kappa shape index (κ3) is 3.89. The van der Waals surface area contributed by atoms with Crippen LogP contribution < -0.4 is 9.47 Å². The van der Waals surface area contributed by atoms with Gasteiger partial charge in [-0.1, -0.05) is 25.8 Å². The topological polar surface area (TPSA) is 55.8 Å². The van der Waals surface area contributed by atoms with Crippen LogP contribution in [0.15, 0.2) is 23.3 Å². The molecule has 0 amide bonds. The summed E-state index contributed by atoms with van der Waals surface area (Å²) in [7, 11) is 1.70. The molecule has 3 atom stereocenters. The molecule has 176 valence electrons. The third-order valence-electron chi connectivity index (χ3n) is 8.57. The highest BCUT2D eigenvalue weighted by Gasteiger charge is 2.57. The van der Waals surface area contributed by atoms with E-state index in [-0.39, 0.29) is 22.2 Å². The lowest BCUT2D eigenvalue weighted by molar-refractivity contribution is -0.131. The maximum atomic E-state index is 13.9. The Hall–Kier alpha value is -1.81. The van der Waals surface area contributed by atoms with Crippen molar-refractivity contribution in [1.82, 2.24) is 0 Å². The van der Waals surface area contributed by atoms with Crippen molar-refractivity contribution in [2.75, 3.05) is 7.11 Å². The third-order valence-corrected chi connectivity index (χ3v) is 8.57. The fraction of sp³-hybridized carbons (Fsp3) is 0.679. The molecule has 0 radical (unpaired) electrons. The van der Waals surface area contributed by atoms with Gasteiger partial charge in [0, 0.05) is 18.3 Å². The van der Waals surface area contributed by atoms with Gasteiger partial charge in [-0.25, -0.2) is 0 Å². The van der Waals surface area contributed by atoms with Crippen LogP contribution in [0.4, 0.5) is 0 Å². The van der Waals surface area contributed by atoms with Gasteiger partial charge in [0.25, 0.3) is 0 Å². The molecule has 4 rings (SSSR count). The van der Waals surface area contributed by atoms with Crippen molar-refractivity contribution in [2.24, 2.45) is 10.8 Å². The molecule has 2 aliphatic carbocycles. The zero-order valence-electron chi connectivity index (χ0n) is 21.0. The Labute approximate surface area is 193 Å². The Morgan fingerprint density at radius 2 is 1.88 bits per heavy atom. The second-order valence-corrected chi connectivity index (χ2v) is 12.0. The average Bonchev–Trinajstić information content (AvgIpc) is 3.00. The molecule has 0 saturated heterocycles. The molecule has 1 aromatic carbocycles. The van der Waals surface area contributed by atoms with Crippen LogP contribution in [0.3, 0.4) is 0 Å². The van der Waals surface area contributed by atoms with Gasteiger partial charge in [0.05, 0.1) is 12.7 Å². The second kappa shape index (κ2) is 7.62. The first-order valence-electron chi connectivity index (χ1n) is 12.1. The second-order valence-electron chi connectivity index (χ2n) is 12.0. The number of hydrogen-bond acceptors (Lipinski definition) is 4. The number of methoxy groups -OCH3 is 1. The number of aliphatic hydroxyl groups is 1. The minimum absolute atomic E-state index is 0.00523. The standard InChI is InChI=1S/C28H40O4/c1-18-13-21(31-7)14-19-9-12-27(5,32-23(18)19)16-20-15-26(4)10-8-11-28(26,6)24(29)22(20)17-25(2,3)30/h13-14,30H,8-12,15-17H2,1-7H3/t26-,27+,28+/m0/s1. The number of carbonyl (C=O) groups excluding carboxylic acids is 1. The number of ketones is 1. The molecule has 4 nitrogen and oxygen atoms in total. The number of rotatable bonds is 5. The van der Waals surface area contributed by atoms with Crippen molar-refractivity contribution in [3.8, 4) is 11.5 Å².